The smallest absolute Gasteiger partial charge is 0.346 e. The van der Waals surface area contributed by atoms with Gasteiger partial charge in [-0.05, 0) is 17.7 Å². The maximum atomic E-state index is 12.3. The highest BCUT2D eigenvalue weighted by atomic mass is 16.4. The maximum absolute atomic E-state index is 12.3. The zero-order chi connectivity index (χ0) is 13.5. The molecular formula is C17H11NO2. The van der Waals surface area contributed by atoms with Crippen LogP contribution >= 0.6 is 0 Å². The van der Waals surface area contributed by atoms with Crippen LogP contribution in [0.4, 0.5) is 0 Å². The average molecular weight is 261 g/mol. The van der Waals surface area contributed by atoms with Crippen molar-refractivity contribution in [2.24, 2.45) is 0 Å². The van der Waals surface area contributed by atoms with E-state index in [9.17, 15) is 4.79 Å². The summed E-state index contributed by atoms with van der Waals surface area (Å²) in [5.41, 5.74) is 3.00. The number of aromatic amines is 1. The third kappa shape index (κ3) is 1.50. The van der Waals surface area contributed by atoms with E-state index in [1.165, 1.54) is 0 Å². The Morgan fingerprint density at radius 2 is 1.65 bits per heavy atom. The molecule has 2 heterocycles. The molecule has 1 N–H and O–H groups in total. The largest absolute Gasteiger partial charge is 0.422 e. The fourth-order valence-electron chi connectivity index (χ4n) is 2.61. The molecule has 3 heteroatoms. The van der Waals surface area contributed by atoms with Crippen molar-refractivity contribution in [3.8, 4) is 11.1 Å². The summed E-state index contributed by atoms with van der Waals surface area (Å²) in [6.07, 6.45) is 1.86. The van der Waals surface area contributed by atoms with Gasteiger partial charge in [0.15, 0.2) is 0 Å². The van der Waals surface area contributed by atoms with Crippen LogP contribution < -0.4 is 5.63 Å². The Morgan fingerprint density at radius 1 is 0.900 bits per heavy atom. The van der Waals surface area contributed by atoms with Crippen LogP contribution in [0.5, 0.6) is 0 Å². The first-order valence-corrected chi connectivity index (χ1v) is 6.43. The van der Waals surface area contributed by atoms with Crippen molar-refractivity contribution in [3.05, 3.63) is 71.2 Å². The number of benzene rings is 2. The molecule has 2 aromatic carbocycles. The Hall–Kier alpha value is -2.81. The molecule has 4 rings (SSSR count). The minimum absolute atomic E-state index is 0.307. The maximum Gasteiger partial charge on any atom is 0.346 e. The number of aromatic nitrogens is 1. The highest BCUT2D eigenvalue weighted by Gasteiger charge is 2.13. The van der Waals surface area contributed by atoms with Gasteiger partial charge in [0.25, 0.3) is 0 Å². The second-order valence-electron chi connectivity index (χ2n) is 4.70. The van der Waals surface area contributed by atoms with Crippen LogP contribution in [-0.2, 0) is 0 Å². The van der Waals surface area contributed by atoms with E-state index in [1.807, 2.05) is 54.7 Å². The molecule has 2 aromatic heterocycles. The minimum Gasteiger partial charge on any atom is -0.422 e. The molecule has 0 fully saturated rings. The van der Waals surface area contributed by atoms with Crippen molar-refractivity contribution in [1.82, 2.24) is 4.98 Å². The van der Waals surface area contributed by atoms with Crippen LogP contribution in [0, 0.1) is 0 Å². The lowest BCUT2D eigenvalue weighted by Crippen LogP contribution is -1.99. The Labute approximate surface area is 114 Å². The summed E-state index contributed by atoms with van der Waals surface area (Å²) in [6.45, 7) is 0. The number of nitrogens with one attached hydrogen (secondary N) is 1. The molecule has 0 amide bonds. The van der Waals surface area contributed by atoms with Crippen molar-refractivity contribution in [3.63, 3.8) is 0 Å². The predicted octanol–water partition coefficient (Wildman–Crippen LogP) is 3.94. The second-order valence-corrected chi connectivity index (χ2v) is 4.70. The molecular weight excluding hydrogens is 250 g/mol. The summed E-state index contributed by atoms with van der Waals surface area (Å²) in [5.74, 6) is 0. The Morgan fingerprint density at radius 3 is 2.50 bits per heavy atom. The van der Waals surface area contributed by atoms with Crippen LogP contribution in [0.25, 0.3) is 33.0 Å². The van der Waals surface area contributed by atoms with E-state index in [0.29, 0.717) is 11.0 Å². The van der Waals surface area contributed by atoms with Crippen molar-refractivity contribution in [1.29, 1.82) is 0 Å². The molecule has 0 atom stereocenters. The van der Waals surface area contributed by atoms with Gasteiger partial charge in [0.05, 0.1) is 10.9 Å². The number of fused-ring (bicyclic) bond motifs is 3. The lowest BCUT2D eigenvalue weighted by molar-refractivity contribution is 0.570. The normalized spacial score (nSPS) is 11.2. The van der Waals surface area contributed by atoms with Crippen LogP contribution in [0.15, 0.2) is 70.0 Å². The number of H-pyrrole nitrogens is 1. The summed E-state index contributed by atoms with van der Waals surface area (Å²) in [4.78, 5) is 15.5. The zero-order valence-corrected chi connectivity index (χ0v) is 10.6. The number of hydrogen-bond acceptors (Lipinski definition) is 2. The summed E-state index contributed by atoms with van der Waals surface area (Å²) in [7, 11) is 0. The topological polar surface area (TPSA) is 46.0 Å². The van der Waals surface area contributed by atoms with E-state index in [1.54, 1.807) is 6.07 Å². The number of para-hydroxylation sites is 1. The fraction of sp³-hybridized carbons (Fsp3) is 0. The van der Waals surface area contributed by atoms with Gasteiger partial charge in [-0.2, -0.15) is 0 Å². The lowest BCUT2D eigenvalue weighted by Gasteiger charge is -2.00. The first kappa shape index (κ1) is 11.1. The van der Waals surface area contributed by atoms with Gasteiger partial charge < -0.3 is 9.40 Å². The molecule has 0 aliphatic heterocycles. The van der Waals surface area contributed by atoms with Gasteiger partial charge in [0, 0.05) is 17.1 Å². The van der Waals surface area contributed by atoms with E-state index in [0.717, 1.165) is 22.0 Å². The number of rotatable bonds is 1. The van der Waals surface area contributed by atoms with Gasteiger partial charge in [0.1, 0.15) is 5.58 Å². The Bertz CT molecular complexity index is 965. The molecule has 20 heavy (non-hydrogen) atoms. The SMILES string of the molecule is O=c1oc2ccccc2c2[nH]cc(-c3ccccc3)c12. The molecule has 96 valence electrons. The van der Waals surface area contributed by atoms with Crippen LogP contribution in [-0.4, -0.2) is 4.98 Å². The molecule has 0 unspecified atom stereocenters. The standard InChI is InChI=1S/C17H11NO2/c19-17-15-13(11-6-2-1-3-7-11)10-18-16(15)12-8-4-5-9-14(12)20-17/h1-10,18H. The van der Waals surface area contributed by atoms with Crippen molar-refractivity contribution in [2.45, 2.75) is 0 Å². The molecule has 0 spiro atoms. The van der Waals surface area contributed by atoms with Crippen molar-refractivity contribution in [2.75, 3.05) is 0 Å². The zero-order valence-electron chi connectivity index (χ0n) is 10.6. The monoisotopic (exact) mass is 261 g/mol. The molecule has 3 nitrogen and oxygen atoms in total. The summed E-state index contributed by atoms with van der Waals surface area (Å²) >= 11 is 0. The second kappa shape index (κ2) is 4.10. The summed E-state index contributed by atoms with van der Waals surface area (Å²) in [6, 6.07) is 17.4. The highest BCUT2D eigenvalue weighted by molar-refractivity contribution is 6.07. The van der Waals surface area contributed by atoms with Crippen LogP contribution in [0.3, 0.4) is 0 Å². The third-order valence-corrected chi connectivity index (χ3v) is 3.53. The van der Waals surface area contributed by atoms with Gasteiger partial charge in [0.2, 0.25) is 0 Å². The van der Waals surface area contributed by atoms with Crippen molar-refractivity contribution >= 4 is 21.9 Å². The molecule has 4 aromatic rings. The van der Waals surface area contributed by atoms with Gasteiger partial charge in [-0.15, -0.1) is 0 Å². The van der Waals surface area contributed by atoms with Crippen LogP contribution in [0.2, 0.25) is 0 Å². The Kier molecular flexibility index (Phi) is 2.27. The molecule has 0 saturated heterocycles. The fourth-order valence-corrected chi connectivity index (χ4v) is 2.61. The lowest BCUT2D eigenvalue weighted by atomic mass is 10.1. The third-order valence-electron chi connectivity index (χ3n) is 3.53. The van der Waals surface area contributed by atoms with E-state index >= 15 is 0 Å². The van der Waals surface area contributed by atoms with E-state index < -0.39 is 0 Å². The first-order valence-electron chi connectivity index (χ1n) is 6.43. The van der Waals surface area contributed by atoms with Crippen molar-refractivity contribution < 1.29 is 4.42 Å². The molecule has 0 aliphatic rings. The van der Waals surface area contributed by atoms with Gasteiger partial charge in [-0.25, -0.2) is 4.79 Å². The predicted molar refractivity (Wildman–Crippen MR) is 79.8 cm³/mol. The minimum atomic E-state index is -0.307. The quantitative estimate of drug-likeness (QED) is 0.527. The number of hydrogen-bond donors (Lipinski definition) is 1. The average Bonchev–Trinajstić information content (AvgIpc) is 2.94. The van der Waals surface area contributed by atoms with E-state index in [2.05, 4.69) is 4.98 Å². The molecule has 0 aliphatic carbocycles. The summed E-state index contributed by atoms with van der Waals surface area (Å²) < 4.78 is 5.42. The highest BCUT2D eigenvalue weighted by Crippen LogP contribution is 2.30. The van der Waals surface area contributed by atoms with E-state index in [4.69, 9.17) is 4.42 Å². The van der Waals surface area contributed by atoms with Gasteiger partial charge in [-0.3, -0.25) is 0 Å². The first-order chi connectivity index (χ1) is 9.84. The summed E-state index contributed by atoms with van der Waals surface area (Å²) in [5, 5.41) is 1.53. The molecule has 0 saturated carbocycles. The molecule has 0 radical (unpaired) electrons. The van der Waals surface area contributed by atoms with E-state index in [-0.39, 0.29) is 5.63 Å². The molecule has 0 bridgehead atoms. The van der Waals surface area contributed by atoms with Crippen LogP contribution in [0.1, 0.15) is 0 Å². The van der Waals surface area contributed by atoms with Gasteiger partial charge >= 0.3 is 5.63 Å². The Balaban J connectivity index is 2.16. The van der Waals surface area contributed by atoms with Gasteiger partial charge in [-0.1, -0.05) is 42.5 Å².